The normalized spacial score (nSPS) is 23.4. The van der Waals surface area contributed by atoms with E-state index in [1.165, 1.54) is 16.7 Å². The maximum atomic E-state index is 12.8. The summed E-state index contributed by atoms with van der Waals surface area (Å²) in [5, 5.41) is 12.9. The molecular weight excluding hydrogens is 428 g/mol. The third kappa shape index (κ3) is 5.98. The average Bonchev–Trinajstić information content (AvgIpc) is 3.38. The number of nitrogens with zero attached hydrogens (tertiary/aromatic N) is 1. The number of aryl methyl sites for hydroxylation is 1. The smallest absolute Gasteiger partial charge is 0.251 e. The van der Waals surface area contributed by atoms with Gasteiger partial charge in [0.25, 0.3) is 5.91 Å². The second-order valence-electron chi connectivity index (χ2n) is 9.99. The highest BCUT2D eigenvalue weighted by molar-refractivity contribution is 5.94. The highest BCUT2D eigenvalue weighted by Gasteiger charge is 2.22. The van der Waals surface area contributed by atoms with Crippen LogP contribution in [0.5, 0.6) is 5.75 Å². The van der Waals surface area contributed by atoms with Crippen molar-refractivity contribution in [3.05, 3.63) is 64.7 Å². The third-order valence-corrected chi connectivity index (χ3v) is 7.37. The largest absolute Gasteiger partial charge is 0.491 e. The quantitative estimate of drug-likeness (QED) is 0.657. The number of aliphatic hydroxyl groups is 1. The lowest BCUT2D eigenvalue weighted by Gasteiger charge is -2.30. The van der Waals surface area contributed by atoms with Crippen molar-refractivity contribution in [2.45, 2.75) is 69.7 Å². The predicted octanol–water partition coefficient (Wildman–Crippen LogP) is 3.49. The van der Waals surface area contributed by atoms with Gasteiger partial charge in [-0.1, -0.05) is 18.2 Å². The van der Waals surface area contributed by atoms with Crippen molar-refractivity contribution in [3.63, 3.8) is 0 Å². The van der Waals surface area contributed by atoms with Crippen molar-refractivity contribution in [2.75, 3.05) is 26.3 Å². The molecule has 34 heavy (non-hydrogen) atoms. The van der Waals surface area contributed by atoms with Crippen LogP contribution in [0.4, 0.5) is 0 Å². The number of rotatable bonds is 7. The van der Waals surface area contributed by atoms with E-state index in [9.17, 15) is 9.90 Å². The minimum absolute atomic E-state index is 0.0250. The van der Waals surface area contributed by atoms with E-state index in [4.69, 9.17) is 9.47 Å². The molecule has 0 radical (unpaired) electrons. The second kappa shape index (κ2) is 10.9. The van der Waals surface area contributed by atoms with E-state index in [1.54, 1.807) is 0 Å². The first kappa shape index (κ1) is 23.3. The molecule has 0 aromatic heterocycles. The lowest BCUT2D eigenvalue weighted by molar-refractivity contribution is 0.0679. The first-order valence-electron chi connectivity index (χ1n) is 12.8. The number of hydrogen-bond acceptors (Lipinski definition) is 5. The van der Waals surface area contributed by atoms with Crippen LogP contribution in [0.1, 0.15) is 59.2 Å². The maximum absolute atomic E-state index is 12.8. The van der Waals surface area contributed by atoms with Gasteiger partial charge in [-0.15, -0.1) is 0 Å². The van der Waals surface area contributed by atoms with Gasteiger partial charge in [-0.25, -0.2) is 0 Å². The molecule has 2 N–H and O–H groups in total. The molecule has 2 aliphatic heterocycles. The standard InChI is InChI=1S/C28H36N2O4/c31-25-11-13-30(14-12-25)18-20-3-4-23-17-24(8-5-22(23)16-20)29-28(32)21-6-9-26(10-7-21)34-19-27-2-1-15-33-27/h3-4,6-7,9-10,16,24-25,27,31H,1-2,5,8,11-15,17-19H2,(H,29,32)/t24-,27-/m0/s1. The number of aliphatic hydroxyl groups excluding tert-OH is 1. The molecule has 1 amide bonds. The van der Waals surface area contributed by atoms with E-state index in [-0.39, 0.29) is 24.2 Å². The summed E-state index contributed by atoms with van der Waals surface area (Å²) in [4.78, 5) is 15.2. The fraction of sp³-hybridized carbons (Fsp3) is 0.536. The van der Waals surface area contributed by atoms with Crippen LogP contribution >= 0.6 is 0 Å². The van der Waals surface area contributed by atoms with Crippen LogP contribution in [0.2, 0.25) is 0 Å². The Morgan fingerprint density at radius 1 is 1.06 bits per heavy atom. The van der Waals surface area contributed by atoms with E-state index in [0.29, 0.717) is 12.2 Å². The van der Waals surface area contributed by atoms with Gasteiger partial charge >= 0.3 is 0 Å². The molecule has 5 rings (SSSR count). The molecule has 2 aromatic rings. The van der Waals surface area contributed by atoms with Crippen LogP contribution in [0.25, 0.3) is 0 Å². The minimum Gasteiger partial charge on any atom is -0.491 e. The Balaban J connectivity index is 1.11. The van der Waals surface area contributed by atoms with Gasteiger partial charge in [0, 0.05) is 37.8 Å². The molecule has 2 fully saturated rings. The van der Waals surface area contributed by atoms with Crippen molar-refractivity contribution in [2.24, 2.45) is 0 Å². The summed E-state index contributed by atoms with van der Waals surface area (Å²) in [7, 11) is 0. The van der Waals surface area contributed by atoms with Crippen LogP contribution in [0.15, 0.2) is 42.5 Å². The number of benzene rings is 2. The number of nitrogens with one attached hydrogen (secondary N) is 1. The summed E-state index contributed by atoms with van der Waals surface area (Å²) in [6.07, 6.45) is 6.78. The van der Waals surface area contributed by atoms with Gasteiger partial charge in [-0.3, -0.25) is 9.69 Å². The van der Waals surface area contributed by atoms with Crippen molar-refractivity contribution in [1.82, 2.24) is 10.2 Å². The molecule has 0 unspecified atom stereocenters. The highest BCUT2D eigenvalue weighted by atomic mass is 16.5. The summed E-state index contributed by atoms with van der Waals surface area (Å²) in [6.45, 7) is 4.27. The molecule has 2 saturated heterocycles. The Labute approximate surface area is 202 Å². The summed E-state index contributed by atoms with van der Waals surface area (Å²) in [6, 6.07) is 14.4. The lowest BCUT2D eigenvalue weighted by atomic mass is 9.87. The van der Waals surface area contributed by atoms with Crippen molar-refractivity contribution < 1.29 is 19.4 Å². The van der Waals surface area contributed by atoms with E-state index in [2.05, 4.69) is 28.4 Å². The van der Waals surface area contributed by atoms with Crippen LogP contribution < -0.4 is 10.1 Å². The van der Waals surface area contributed by atoms with Gasteiger partial charge < -0.3 is 19.9 Å². The molecule has 0 bridgehead atoms. The minimum atomic E-state index is -0.130. The molecule has 3 aliphatic rings. The first-order valence-corrected chi connectivity index (χ1v) is 12.8. The number of carbonyl (C=O) groups excluding carboxylic acids is 1. The molecule has 182 valence electrons. The number of likely N-dealkylation sites (tertiary alicyclic amines) is 1. The van der Waals surface area contributed by atoms with Crippen molar-refractivity contribution in [3.8, 4) is 5.75 Å². The maximum Gasteiger partial charge on any atom is 0.251 e. The summed E-state index contributed by atoms with van der Waals surface area (Å²) >= 11 is 0. The topological polar surface area (TPSA) is 71.0 Å². The Morgan fingerprint density at radius 2 is 1.88 bits per heavy atom. The summed E-state index contributed by atoms with van der Waals surface area (Å²) in [5.41, 5.74) is 4.76. The molecule has 0 spiro atoms. The number of hydrogen-bond donors (Lipinski definition) is 2. The number of fused-ring (bicyclic) bond motifs is 1. The van der Waals surface area contributed by atoms with Crippen LogP contribution in [-0.4, -0.2) is 60.5 Å². The predicted molar refractivity (Wildman–Crippen MR) is 131 cm³/mol. The third-order valence-electron chi connectivity index (χ3n) is 7.37. The Morgan fingerprint density at radius 3 is 2.65 bits per heavy atom. The first-order chi connectivity index (χ1) is 16.6. The fourth-order valence-corrected chi connectivity index (χ4v) is 5.30. The molecule has 2 aromatic carbocycles. The molecule has 2 atom stereocenters. The lowest BCUT2D eigenvalue weighted by Crippen LogP contribution is -2.39. The number of carbonyl (C=O) groups is 1. The zero-order valence-electron chi connectivity index (χ0n) is 19.9. The van der Waals surface area contributed by atoms with Gasteiger partial charge in [-0.2, -0.15) is 0 Å². The van der Waals surface area contributed by atoms with Gasteiger partial charge in [0.2, 0.25) is 0 Å². The molecule has 2 heterocycles. The van der Waals surface area contributed by atoms with Crippen LogP contribution in [0.3, 0.4) is 0 Å². The molecule has 6 heteroatoms. The van der Waals surface area contributed by atoms with Gasteiger partial charge in [0.05, 0.1) is 12.2 Å². The molecule has 1 aliphatic carbocycles. The van der Waals surface area contributed by atoms with Crippen molar-refractivity contribution >= 4 is 5.91 Å². The van der Waals surface area contributed by atoms with E-state index in [1.807, 2.05) is 24.3 Å². The average molecular weight is 465 g/mol. The Kier molecular flexibility index (Phi) is 7.48. The number of amides is 1. The second-order valence-corrected chi connectivity index (χ2v) is 9.99. The molecule has 0 saturated carbocycles. The van der Waals surface area contributed by atoms with E-state index in [0.717, 1.165) is 76.9 Å². The van der Waals surface area contributed by atoms with Gasteiger partial charge in [0.15, 0.2) is 0 Å². The fourth-order valence-electron chi connectivity index (χ4n) is 5.30. The SMILES string of the molecule is O=C(N[C@H]1CCc2cc(CN3CCC(O)CC3)ccc2C1)c1ccc(OC[C@@H]2CCCO2)cc1. The van der Waals surface area contributed by atoms with Gasteiger partial charge in [-0.05, 0) is 85.9 Å². The molecular formula is C28H36N2O4. The van der Waals surface area contributed by atoms with E-state index >= 15 is 0 Å². The zero-order valence-corrected chi connectivity index (χ0v) is 19.9. The van der Waals surface area contributed by atoms with Crippen molar-refractivity contribution in [1.29, 1.82) is 0 Å². The Bertz CT molecular complexity index is 963. The summed E-state index contributed by atoms with van der Waals surface area (Å²) < 4.78 is 11.4. The Hall–Kier alpha value is -2.41. The monoisotopic (exact) mass is 464 g/mol. The highest BCUT2D eigenvalue weighted by Crippen LogP contribution is 2.25. The molecule has 6 nitrogen and oxygen atoms in total. The van der Waals surface area contributed by atoms with Crippen LogP contribution in [0, 0.1) is 0 Å². The summed E-state index contributed by atoms with van der Waals surface area (Å²) in [5.74, 6) is 0.748. The van der Waals surface area contributed by atoms with E-state index < -0.39 is 0 Å². The van der Waals surface area contributed by atoms with Crippen LogP contribution in [-0.2, 0) is 24.1 Å². The zero-order chi connectivity index (χ0) is 23.3. The number of ether oxygens (including phenoxy) is 2. The number of piperidine rings is 1. The van der Waals surface area contributed by atoms with Gasteiger partial charge in [0.1, 0.15) is 12.4 Å².